The predicted molar refractivity (Wildman–Crippen MR) is 80.6 cm³/mol. The van der Waals surface area contributed by atoms with Crippen molar-refractivity contribution in [3.63, 3.8) is 0 Å². The summed E-state index contributed by atoms with van der Waals surface area (Å²) in [5, 5.41) is 39.1. The zero-order chi connectivity index (χ0) is 14.9. The molecule has 0 aromatic heterocycles. The summed E-state index contributed by atoms with van der Waals surface area (Å²) in [5.74, 6) is 0.337. The molecule has 118 valence electrons. The van der Waals surface area contributed by atoms with Gasteiger partial charge in [-0.15, -0.1) is 11.8 Å². The Morgan fingerprint density at radius 1 is 1.05 bits per heavy atom. The van der Waals surface area contributed by atoms with E-state index in [2.05, 4.69) is 13.8 Å². The molecule has 0 spiro atoms. The zero-order valence-electron chi connectivity index (χ0n) is 12.4. The van der Waals surface area contributed by atoms with Gasteiger partial charge in [-0.3, -0.25) is 0 Å². The standard InChI is InChI=1S/C15H28O4S/c1-15(2)6-4-3-5-9(7-15)14-13(19)12(18)11(17)10(8-16)20-14/h9-14,16-19H,3-8H2,1-2H3/t9?,10-,11-,12-,13+,14+/m0/s1. The summed E-state index contributed by atoms with van der Waals surface area (Å²) in [6.07, 6.45) is 2.55. The molecule has 0 amide bonds. The molecule has 4 N–H and O–H groups in total. The molecule has 1 saturated heterocycles. The lowest BCUT2D eigenvalue weighted by molar-refractivity contribution is -0.0760. The van der Waals surface area contributed by atoms with Crippen molar-refractivity contribution in [1.82, 2.24) is 0 Å². The quantitative estimate of drug-likeness (QED) is 0.576. The average Bonchev–Trinajstić information content (AvgIpc) is 2.57. The first-order valence-corrected chi connectivity index (χ1v) is 8.60. The minimum absolute atomic E-state index is 0.0945. The van der Waals surface area contributed by atoms with E-state index in [9.17, 15) is 20.4 Å². The average molecular weight is 304 g/mol. The van der Waals surface area contributed by atoms with Gasteiger partial charge >= 0.3 is 0 Å². The number of aliphatic hydroxyl groups excluding tert-OH is 4. The predicted octanol–water partition coefficient (Wildman–Crippen LogP) is 1.15. The highest BCUT2D eigenvalue weighted by Crippen LogP contribution is 2.45. The van der Waals surface area contributed by atoms with Gasteiger partial charge in [-0.25, -0.2) is 0 Å². The molecule has 20 heavy (non-hydrogen) atoms. The maximum Gasteiger partial charge on any atom is 0.108 e. The second-order valence-corrected chi connectivity index (χ2v) is 8.59. The summed E-state index contributed by atoms with van der Waals surface area (Å²) in [6.45, 7) is 4.36. The fourth-order valence-electron chi connectivity index (χ4n) is 3.72. The summed E-state index contributed by atoms with van der Waals surface area (Å²) in [5.41, 5.74) is 0.261. The molecule has 1 heterocycles. The van der Waals surface area contributed by atoms with Crippen molar-refractivity contribution < 1.29 is 20.4 Å². The highest BCUT2D eigenvalue weighted by Gasteiger charge is 2.46. The van der Waals surface area contributed by atoms with Crippen LogP contribution in [0.3, 0.4) is 0 Å². The van der Waals surface area contributed by atoms with Crippen molar-refractivity contribution in [3.8, 4) is 0 Å². The number of rotatable bonds is 2. The molecule has 6 atom stereocenters. The summed E-state index contributed by atoms with van der Waals surface area (Å²) in [6, 6.07) is 0. The van der Waals surface area contributed by atoms with Gasteiger partial charge in [0.25, 0.3) is 0 Å². The Morgan fingerprint density at radius 2 is 1.75 bits per heavy atom. The monoisotopic (exact) mass is 304 g/mol. The first-order valence-electron chi connectivity index (χ1n) is 7.66. The van der Waals surface area contributed by atoms with E-state index in [4.69, 9.17) is 0 Å². The fourth-order valence-corrected chi connectivity index (χ4v) is 5.31. The van der Waals surface area contributed by atoms with Crippen LogP contribution in [0.25, 0.3) is 0 Å². The molecule has 2 rings (SSSR count). The van der Waals surface area contributed by atoms with E-state index >= 15 is 0 Å². The molecule has 0 aromatic rings. The summed E-state index contributed by atoms with van der Waals surface area (Å²) in [7, 11) is 0. The van der Waals surface area contributed by atoms with Crippen LogP contribution in [-0.2, 0) is 0 Å². The number of aliphatic hydroxyl groups is 4. The van der Waals surface area contributed by atoms with Crippen LogP contribution in [0, 0.1) is 11.3 Å². The molecule has 1 aliphatic carbocycles. The molecule has 0 bridgehead atoms. The number of hydrogen-bond donors (Lipinski definition) is 4. The highest BCUT2D eigenvalue weighted by molar-refractivity contribution is 8.00. The van der Waals surface area contributed by atoms with Crippen molar-refractivity contribution in [2.75, 3.05) is 6.61 Å². The highest BCUT2D eigenvalue weighted by atomic mass is 32.2. The van der Waals surface area contributed by atoms with Crippen LogP contribution in [0.2, 0.25) is 0 Å². The van der Waals surface area contributed by atoms with Crippen LogP contribution in [0.1, 0.15) is 46.0 Å². The Morgan fingerprint density at radius 3 is 2.40 bits per heavy atom. The zero-order valence-corrected chi connectivity index (χ0v) is 13.2. The molecule has 0 aromatic carbocycles. The van der Waals surface area contributed by atoms with Crippen LogP contribution in [0.4, 0.5) is 0 Å². The minimum Gasteiger partial charge on any atom is -0.395 e. The third-order valence-corrected chi connectivity index (χ3v) is 6.64. The molecular formula is C15H28O4S. The second-order valence-electron chi connectivity index (χ2n) is 7.17. The Bertz CT molecular complexity index is 321. The maximum atomic E-state index is 10.3. The molecule has 5 heteroatoms. The van der Waals surface area contributed by atoms with Crippen LogP contribution in [-0.4, -0.2) is 55.8 Å². The van der Waals surface area contributed by atoms with Crippen LogP contribution < -0.4 is 0 Å². The van der Waals surface area contributed by atoms with E-state index in [0.717, 1.165) is 19.3 Å². The first-order chi connectivity index (χ1) is 9.35. The van der Waals surface area contributed by atoms with E-state index in [-0.39, 0.29) is 17.3 Å². The minimum atomic E-state index is -1.15. The van der Waals surface area contributed by atoms with Gasteiger partial charge in [0.15, 0.2) is 0 Å². The summed E-state index contributed by atoms with van der Waals surface area (Å²) < 4.78 is 0. The molecule has 0 radical (unpaired) electrons. The van der Waals surface area contributed by atoms with E-state index < -0.39 is 23.6 Å². The normalized spacial score (nSPS) is 45.9. The van der Waals surface area contributed by atoms with Gasteiger partial charge < -0.3 is 20.4 Å². The fraction of sp³-hybridized carbons (Fsp3) is 1.00. The molecule has 1 aliphatic heterocycles. The summed E-state index contributed by atoms with van der Waals surface area (Å²) in [4.78, 5) is 0. The van der Waals surface area contributed by atoms with Gasteiger partial charge in [0.1, 0.15) is 6.10 Å². The second kappa shape index (κ2) is 6.53. The van der Waals surface area contributed by atoms with Crippen LogP contribution >= 0.6 is 11.8 Å². The van der Waals surface area contributed by atoms with Crippen molar-refractivity contribution in [2.24, 2.45) is 11.3 Å². The van der Waals surface area contributed by atoms with E-state index in [1.807, 2.05) is 0 Å². The summed E-state index contributed by atoms with van der Waals surface area (Å²) >= 11 is 1.46. The Hall–Kier alpha value is 0.190. The van der Waals surface area contributed by atoms with Crippen molar-refractivity contribution in [3.05, 3.63) is 0 Å². The molecule has 2 fully saturated rings. The lowest BCUT2D eigenvalue weighted by Gasteiger charge is -2.43. The number of hydrogen-bond acceptors (Lipinski definition) is 5. The van der Waals surface area contributed by atoms with E-state index in [0.29, 0.717) is 5.92 Å². The lowest BCUT2D eigenvalue weighted by Crippen LogP contribution is -2.56. The van der Waals surface area contributed by atoms with Crippen molar-refractivity contribution in [2.45, 2.75) is 74.8 Å². The van der Waals surface area contributed by atoms with Crippen LogP contribution in [0.5, 0.6) is 0 Å². The third kappa shape index (κ3) is 3.50. The van der Waals surface area contributed by atoms with E-state index in [1.54, 1.807) is 0 Å². The molecule has 4 nitrogen and oxygen atoms in total. The molecule has 1 saturated carbocycles. The van der Waals surface area contributed by atoms with E-state index in [1.165, 1.54) is 24.6 Å². The van der Waals surface area contributed by atoms with Gasteiger partial charge in [-0.05, 0) is 30.6 Å². The van der Waals surface area contributed by atoms with Gasteiger partial charge in [-0.2, -0.15) is 0 Å². The lowest BCUT2D eigenvalue weighted by atomic mass is 9.78. The Labute approximate surface area is 125 Å². The van der Waals surface area contributed by atoms with Crippen LogP contribution in [0.15, 0.2) is 0 Å². The van der Waals surface area contributed by atoms with Gasteiger partial charge in [0, 0.05) is 5.25 Å². The topological polar surface area (TPSA) is 80.9 Å². The smallest absolute Gasteiger partial charge is 0.108 e. The largest absolute Gasteiger partial charge is 0.395 e. The third-order valence-electron chi connectivity index (χ3n) is 4.89. The Kier molecular flexibility index (Phi) is 5.40. The number of thioether (sulfide) groups is 1. The first kappa shape index (κ1) is 16.6. The van der Waals surface area contributed by atoms with Gasteiger partial charge in [-0.1, -0.05) is 26.7 Å². The molecular weight excluding hydrogens is 276 g/mol. The van der Waals surface area contributed by atoms with Crippen molar-refractivity contribution in [1.29, 1.82) is 0 Å². The Balaban J connectivity index is 2.13. The van der Waals surface area contributed by atoms with Gasteiger partial charge in [0.05, 0.1) is 24.1 Å². The van der Waals surface area contributed by atoms with Gasteiger partial charge in [0.2, 0.25) is 0 Å². The SMILES string of the molecule is CC1(C)CCCCC([C@H]2S[C@@H](CO)[C@H](O)[C@H](O)[C@H]2O)C1. The molecule has 1 unspecified atom stereocenters. The van der Waals surface area contributed by atoms with Crippen molar-refractivity contribution >= 4 is 11.8 Å². The maximum absolute atomic E-state index is 10.3. The molecule has 2 aliphatic rings.